The fourth-order valence-corrected chi connectivity index (χ4v) is 2.46. The van der Waals surface area contributed by atoms with E-state index in [4.69, 9.17) is 10.5 Å². The van der Waals surface area contributed by atoms with Crippen LogP contribution in [0.15, 0.2) is 0 Å². The van der Waals surface area contributed by atoms with Crippen LogP contribution >= 0.6 is 0 Å². The van der Waals surface area contributed by atoms with Crippen molar-refractivity contribution in [1.29, 1.82) is 0 Å². The summed E-state index contributed by atoms with van der Waals surface area (Å²) < 4.78 is 5.16. The average Bonchev–Trinajstić information content (AvgIpc) is 2.23. The average molecular weight is 226 g/mol. The van der Waals surface area contributed by atoms with Crippen molar-refractivity contribution >= 4 is 5.91 Å². The minimum atomic E-state index is 0.133. The molecule has 0 radical (unpaired) electrons. The van der Waals surface area contributed by atoms with E-state index in [1.807, 2.05) is 0 Å². The zero-order chi connectivity index (χ0) is 11.6. The van der Waals surface area contributed by atoms with Crippen LogP contribution in [0.1, 0.15) is 32.6 Å². The Balaban J connectivity index is 1.74. The normalized spacial score (nSPS) is 32.9. The van der Waals surface area contributed by atoms with E-state index >= 15 is 0 Å². The third-order valence-electron chi connectivity index (χ3n) is 3.68. The molecule has 1 aliphatic heterocycles. The van der Waals surface area contributed by atoms with Crippen LogP contribution in [0.4, 0.5) is 0 Å². The minimum Gasteiger partial charge on any atom is -0.380 e. The molecule has 2 unspecified atom stereocenters. The zero-order valence-electron chi connectivity index (χ0n) is 10.00. The lowest BCUT2D eigenvalue weighted by molar-refractivity contribution is -0.131. The topological polar surface area (TPSA) is 64.4 Å². The van der Waals surface area contributed by atoms with E-state index < -0.39 is 0 Å². The van der Waals surface area contributed by atoms with Crippen molar-refractivity contribution < 1.29 is 9.53 Å². The number of carbonyl (C=O) groups excluding carboxylic acids is 1. The van der Waals surface area contributed by atoms with Crippen LogP contribution in [0, 0.1) is 11.3 Å². The number of nitrogens with one attached hydrogen (secondary N) is 1. The Morgan fingerprint density at radius 2 is 2.25 bits per heavy atom. The number of carbonyl (C=O) groups is 1. The lowest BCUT2D eigenvalue weighted by Crippen LogP contribution is -2.50. The van der Waals surface area contributed by atoms with Gasteiger partial charge in [0.2, 0.25) is 5.91 Å². The van der Waals surface area contributed by atoms with Gasteiger partial charge >= 0.3 is 0 Å². The van der Waals surface area contributed by atoms with E-state index in [2.05, 4.69) is 12.2 Å². The molecule has 0 aromatic heterocycles. The van der Waals surface area contributed by atoms with Gasteiger partial charge in [0.05, 0.1) is 13.2 Å². The molecule has 1 saturated heterocycles. The van der Waals surface area contributed by atoms with Gasteiger partial charge in [-0.25, -0.2) is 0 Å². The van der Waals surface area contributed by atoms with Gasteiger partial charge in [-0.15, -0.1) is 0 Å². The van der Waals surface area contributed by atoms with E-state index in [9.17, 15) is 4.79 Å². The number of nitrogens with two attached hydrogens (primary N) is 1. The molecule has 1 amide bonds. The highest BCUT2D eigenvalue weighted by atomic mass is 16.5. The first-order valence-electron chi connectivity index (χ1n) is 6.20. The number of rotatable bonds is 3. The second-order valence-corrected chi connectivity index (χ2v) is 5.64. The smallest absolute Gasteiger partial charge is 0.223 e. The van der Waals surface area contributed by atoms with Crippen molar-refractivity contribution in [3.63, 3.8) is 0 Å². The molecule has 2 aliphatic rings. The first-order chi connectivity index (χ1) is 7.59. The number of hydrogen-bond donors (Lipinski definition) is 2. The number of ether oxygens (including phenoxy) is 1. The molecule has 4 nitrogen and oxygen atoms in total. The van der Waals surface area contributed by atoms with Gasteiger partial charge in [0, 0.05) is 23.9 Å². The van der Waals surface area contributed by atoms with Crippen LogP contribution in [0.2, 0.25) is 0 Å². The van der Waals surface area contributed by atoms with E-state index in [1.54, 1.807) is 0 Å². The van der Waals surface area contributed by atoms with Crippen LogP contribution in [0.5, 0.6) is 0 Å². The van der Waals surface area contributed by atoms with E-state index in [0.29, 0.717) is 0 Å². The fraction of sp³-hybridized carbons (Fsp3) is 0.917. The first kappa shape index (κ1) is 11.9. The van der Waals surface area contributed by atoms with Crippen molar-refractivity contribution in [2.24, 2.45) is 17.1 Å². The summed E-state index contributed by atoms with van der Waals surface area (Å²) in [7, 11) is 0. The summed E-state index contributed by atoms with van der Waals surface area (Å²) in [6, 6.07) is 0.215. The van der Waals surface area contributed by atoms with Crippen LogP contribution in [-0.4, -0.2) is 31.7 Å². The molecule has 2 atom stereocenters. The second-order valence-electron chi connectivity index (χ2n) is 5.64. The Bertz CT molecular complexity index is 264. The summed E-state index contributed by atoms with van der Waals surface area (Å²) in [5, 5.41) is 3.04. The summed E-state index contributed by atoms with van der Waals surface area (Å²) >= 11 is 0. The van der Waals surface area contributed by atoms with E-state index in [0.717, 1.165) is 45.4 Å². The maximum absolute atomic E-state index is 11.9. The minimum absolute atomic E-state index is 0.133. The number of amides is 1. The zero-order valence-corrected chi connectivity index (χ0v) is 10.00. The molecule has 92 valence electrons. The lowest BCUT2D eigenvalue weighted by Gasteiger charge is -2.38. The van der Waals surface area contributed by atoms with Crippen LogP contribution in [0.3, 0.4) is 0 Å². The summed E-state index contributed by atoms with van der Waals surface area (Å²) in [5.41, 5.74) is 6.04. The van der Waals surface area contributed by atoms with E-state index in [1.165, 1.54) is 0 Å². The van der Waals surface area contributed by atoms with Gasteiger partial charge in [-0.2, -0.15) is 0 Å². The Kier molecular flexibility index (Phi) is 3.50. The maximum atomic E-state index is 11.9. The van der Waals surface area contributed by atoms with Gasteiger partial charge in [-0.1, -0.05) is 13.3 Å². The summed E-state index contributed by atoms with van der Waals surface area (Å²) in [6.07, 6.45) is 3.99. The molecule has 4 heteroatoms. The predicted octanol–water partition coefficient (Wildman–Crippen LogP) is 0.657. The molecule has 0 aromatic rings. The molecule has 0 aromatic carbocycles. The molecule has 0 spiro atoms. The van der Waals surface area contributed by atoms with Gasteiger partial charge in [0.15, 0.2) is 0 Å². The standard InChI is InChI=1S/C12H22N2O2/c1-12(7-16-8-12)6-14-11(15)9-3-2-4-10(13)5-9/h9-10H,2-8,13H2,1H3,(H,14,15). The highest BCUT2D eigenvalue weighted by molar-refractivity contribution is 5.78. The molecular formula is C12H22N2O2. The largest absolute Gasteiger partial charge is 0.380 e. The fourth-order valence-electron chi connectivity index (χ4n) is 2.46. The monoisotopic (exact) mass is 226 g/mol. The van der Waals surface area contributed by atoms with Gasteiger partial charge in [-0.3, -0.25) is 4.79 Å². The molecule has 3 N–H and O–H groups in total. The molecule has 1 aliphatic carbocycles. The Morgan fingerprint density at radius 1 is 1.50 bits per heavy atom. The second kappa shape index (κ2) is 4.72. The van der Waals surface area contributed by atoms with Crippen molar-refractivity contribution in [3.8, 4) is 0 Å². The Labute approximate surface area is 96.9 Å². The molecular weight excluding hydrogens is 204 g/mol. The maximum Gasteiger partial charge on any atom is 0.223 e. The third kappa shape index (κ3) is 2.74. The highest BCUT2D eigenvalue weighted by Crippen LogP contribution is 2.26. The van der Waals surface area contributed by atoms with Gasteiger partial charge in [0.1, 0.15) is 0 Å². The van der Waals surface area contributed by atoms with Crippen molar-refractivity contribution in [1.82, 2.24) is 5.32 Å². The number of hydrogen-bond acceptors (Lipinski definition) is 3. The summed E-state index contributed by atoms with van der Waals surface area (Å²) in [6.45, 7) is 4.40. The quantitative estimate of drug-likeness (QED) is 0.743. The lowest BCUT2D eigenvalue weighted by atomic mass is 9.84. The summed E-state index contributed by atoms with van der Waals surface area (Å²) in [5.74, 6) is 0.316. The van der Waals surface area contributed by atoms with Crippen molar-refractivity contribution in [3.05, 3.63) is 0 Å². The van der Waals surface area contributed by atoms with Crippen molar-refractivity contribution in [2.75, 3.05) is 19.8 Å². The summed E-state index contributed by atoms with van der Waals surface area (Å²) in [4.78, 5) is 11.9. The Hall–Kier alpha value is -0.610. The molecule has 0 bridgehead atoms. The molecule has 1 heterocycles. The van der Waals surface area contributed by atoms with Crippen molar-refractivity contribution in [2.45, 2.75) is 38.6 Å². The highest BCUT2D eigenvalue weighted by Gasteiger charge is 2.34. The van der Waals surface area contributed by atoms with E-state index in [-0.39, 0.29) is 23.3 Å². The van der Waals surface area contributed by atoms with Crippen LogP contribution in [0.25, 0.3) is 0 Å². The van der Waals surface area contributed by atoms with Gasteiger partial charge in [-0.05, 0) is 19.3 Å². The van der Waals surface area contributed by atoms with Gasteiger partial charge < -0.3 is 15.8 Å². The SMILES string of the molecule is CC1(CNC(=O)C2CCCC(N)C2)COC1. The van der Waals surface area contributed by atoms with Crippen LogP contribution in [-0.2, 0) is 9.53 Å². The van der Waals surface area contributed by atoms with Gasteiger partial charge in [0.25, 0.3) is 0 Å². The third-order valence-corrected chi connectivity index (χ3v) is 3.68. The molecule has 2 rings (SSSR count). The first-order valence-corrected chi connectivity index (χ1v) is 6.20. The van der Waals surface area contributed by atoms with Crippen LogP contribution < -0.4 is 11.1 Å². The Morgan fingerprint density at radius 3 is 2.81 bits per heavy atom. The molecule has 2 fully saturated rings. The molecule has 1 saturated carbocycles. The predicted molar refractivity (Wildman–Crippen MR) is 61.9 cm³/mol. The molecule has 16 heavy (non-hydrogen) atoms.